The smallest absolute Gasteiger partial charge is 0.145 e. The maximum absolute atomic E-state index is 13.6. The van der Waals surface area contributed by atoms with Crippen molar-refractivity contribution in [3.05, 3.63) is 58.9 Å². The molecule has 1 unspecified atom stereocenters. The zero-order valence-corrected chi connectivity index (χ0v) is 9.60. The Morgan fingerprint density at radius 2 is 2.18 bits per heavy atom. The molecule has 0 spiro atoms. The van der Waals surface area contributed by atoms with Crippen LogP contribution >= 0.6 is 11.6 Å². The summed E-state index contributed by atoms with van der Waals surface area (Å²) in [6, 6.07) is 4.69. The predicted octanol–water partition coefficient (Wildman–Crippen LogP) is 2.55. The summed E-state index contributed by atoms with van der Waals surface area (Å²) in [5.74, 6) is -0.503. The summed E-state index contributed by atoms with van der Waals surface area (Å²) in [6.45, 7) is 0. The van der Waals surface area contributed by atoms with E-state index in [1.54, 1.807) is 12.1 Å². The third kappa shape index (κ3) is 2.78. The molecule has 1 heterocycles. The average Bonchev–Trinajstić information content (AvgIpc) is 2.36. The molecule has 0 aliphatic carbocycles. The van der Waals surface area contributed by atoms with Crippen LogP contribution in [0.2, 0.25) is 5.02 Å². The highest BCUT2D eigenvalue weighted by Gasteiger charge is 2.14. The Morgan fingerprint density at radius 3 is 2.88 bits per heavy atom. The Balaban J connectivity index is 2.19. The van der Waals surface area contributed by atoms with E-state index in [1.807, 2.05) is 0 Å². The Kier molecular flexibility index (Phi) is 3.66. The van der Waals surface area contributed by atoms with Crippen molar-refractivity contribution in [3.8, 4) is 0 Å². The van der Waals surface area contributed by atoms with Crippen molar-refractivity contribution in [1.82, 2.24) is 9.97 Å². The summed E-state index contributed by atoms with van der Waals surface area (Å²) in [5, 5.41) is 9.93. The van der Waals surface area contributed by atoms with E-state index < -0.39 is 11.9 Å². The largest absolute Gasteiger partial charge is 0.386 e. The van der Waals surface area contributed by atoms with Crippen LogP contribution in [-0.2, 0) is 6.42 Å². The molecule has 88 valence electrons. The van der Waals surface area contributed by atoms with E-state index in [0.29, 0.717) is 11.3 Å². The minimum absolute atomic E-state index is 0.0499. The quantitative estimate of drug-likeness (QED) is 0.913. The first-order valence-corrected chi connectivity index (χ1v) is 5.43. The van der Waals surface area contributed by atoms with Gasteiger partial charge in [-0.15, -0.1) is 0 Å². The lowest BCUT2D eigenvalue weighted by atomic mass is 10.1. The van der Waals surface area contributed by atoms with Gasteiger partial charge >= 0.3 is 0 Å². The van der Waals surface area contributed by atoms with Gasteiger partial charge in [0.15, 0.2) is 0 Å². The summed E-state index contributed by atoms with van der Waals surface area (Å²) < 4.78 is 13.6. The number of hydrogen-bond acceptors (Lipinski definition) is 3. The van der Waals surface area contributed by atoms with Crippen LogP contribution in [0.15, 0.2) is 36.8 Å². The van der Waals surface area contributed by atoms with Crippen LogP contribution in [0.4, 0.5) is 4.39 Å². The minimum Gasteiger partial charge on any atom is -0.386 e. The molecule has 1 aromatic carbocycles. The molecule has 17 heavy (non-hydrogen) atoms. The summed E-state index contributed by atoms with van der Waals surface area (Å²) in [7, 11) is 0. The first-order valence-electron chi connectivity index (χ1n) is 5.05. The fourth-order valence-electron chi connectivity index (χ4n) is 1.50. The SMILES string of the molecule is OC(Cc1cccc(Cl)c1F)c1cnccn1. The highest BCUT2D eigenvalue weighted by Crippen LogP contribution is 2.22. The van der Waals surface area contributed by atoms with Crippen LogP contribution in [0, 0.1) is 5.82 Å². The van der Waals surface area contributed by atoms with E-state index in [4.69, 9.17) is 11.6 Å². The van der Waals surface area contributed by atoms with Gasteiger partial charge < -0.3 is 5.11 Å². The monoisotopic (exact) mass is 252 g/mol. The Morgan fingerprint density at radius 1 is 1.35 bits per heavy atom. The van der Waals surface area contributed by atoms with Crippen LogP contribution < -0.4 is 0 Å². The standard InChI is InChI=1S/C12H10ClFN2O/c13-9-3-1-2-8(12(9)14)6-11(17)10-7-15-4-5-16-10/h1-5,7,11,17H,6H2. The van der Waals surface area contributed by atoms with Crippen molar-refractivity contribution in [2.75, 3.05) is 0 Å². The van der Waals surface area contributed by atoms with Crippen LogP contribution in [0.3, 0.4) is 0 Å². The molecule has 0 saturated carbocycles. The summed E-state index contributed by atoms with van der Waals surface area (Å²) in [6.07, 6.45) is 3.66. The minimum atomic E-state index is -0.892. The number of hydrogen-bond donors (Lipinski definition) is 1. The highest BCUT2D eigenvalue weighted by molar-refractivity contribution is 6.30. The molecule has 3 nitrogen and oxygen atoms in total. The van der Waals surface area contributed by atoms with Crippen LogP contribution in [0.1, 0.15) is 17.4 Å². The number of aliphatic hydroxyl groups excluding tert-OH is 1. The molecule has 5 heteroatoms. The fraction of sp³-hybridized carbons (Fsp3) is 0.167. The fourth-order valence-corrected chi connectivity index (χ4v) is 1.70. The van der Waals surface area contributed by atoms with Crippen molar-refractivity contribution in [2.45, 2.75) is 12.5 Å². The molecule has 0 fully saturated rings. The number of benzene rings is 1. The van der Waals surface area contributed by atoms with Gasteiger partial charge in [0.1, 0.15) is 11.9 Å². The molecule has 1 atom stereocenters. The number of halogens is 2. The Bertz CT molecular complexity index is 507. The van der Waals surface area contributed by atoms with Gasteiger partial charge in [-0.05, 0) is 11.6 Å². The molecule has 0 bridgehead atoms. The van der Waals surface area contributed by atoms with E-state index >= 15 is 0 Å². The third-order valence-electron chi connectivity index (χ3n) is 2.37. The lowest BCUT2D eigenvalue weighted by Gasteiger charge is -2.10. The zero-order valence-electron chi connectivity index (χ0n) is 8.85. The van der Waals surface area contributed by atoms with Crippen LogP contribution in [0.5, 0.6) is 0 Å². The van der Waals surface area contributed by atoms with E-state index in [0.717, 1.165) is 0 Å². The van der Waals surface area contributed by atoms with Gasteiger partial charge in [-0.2, -0.15) is 0 Å². The van der Waals surface area contributed by atoms with Gasteiger partial charge in [-0.25, -0.2) is 4.39 Å². The van der Waals surface area contributed by atoms with Gasteiger partial charge in [0, 0.05) is 18.8 Å². The number of nitrogens with zero attached hydrogens (tertiary/aromatic N) is 2. The van der Waals surface area contributed by atoms with Crippen molar-refractivity contribution in [1.29, 1.82) is 0 Å². The van der Waals surface area contributed by atoms with Crippen LogP contribution in [-0.4, -0.2) is 15.1 Å². The molecule has 1 aromatic heterocycles. The van der Waals surface area contributed by atoms with Gasteiger partial charge in [0.2, 0.25) is 0 Å². The third-order valence-corrected chi connectivity index (χ3v) is 2.66. The van der Waals surface area contributed by atoms with Crippen molar-refractivity contribution in [3.63, 3.8) is 0 Å². The van der Waals surface area contributed by atoms with E-state index in [2.05, 4.69) is 9.97 Å². The van der Waals surface area contributed by atoms with Gasteiger partial charge in [0.05, 0.1) is 16.9 Å². The van der Waals surface area contributed by atoms with E-state index in [9.17, 15) is 9.50 Å². The molecular weight excluding hydrogens is 243 g/mol. The molecule has 0 aliphatic rings. The first kappa shape index (κ1) is 12.0. The predicted molar refractivity (Wildman–Crippen MR) is 62.1 cm³/mol. The van der Waals surface area contributed by atoms with Crippen molar-refractivity contribution < 1.29 is 9.50 Å². The summed E-state index contributed by atoms with van der Waals surface area (Å²) >= 11 is 5.66. The lowest BCUT2D eigenvalue weighted by Crippen LogP contribution is -2.06. The Labute approximate surface area is 103 Å². The molecule has 2 rings (SSSR count). The van der Waals surface area contributed by atoms with Gasteiger partial charge in [-0.3, -0.25) is 9.97 Å². The highest BCUT2D eigenvalue weighted by atomic mass is 35.5. The van der Waals surface area contributed by atoms with Crippen molar-refractivity contribution >= 4 is 11.6 Å². The lowest BCUT2D eigenvalue weighted by molar-refractivity contribution is 0.172. The summed E-state index contributed by atoms with van der Waals surface area (Å²) in [4.78, 5) is 7.80. The second kappa shape index (κ2) is 5.21. The zero-order chi connectivity index (χ0) is 12.3. The Hall–Kier alpha value is -1.52. The molecule has 0 aliphatic heterocycles. The number of aliphatic hydroxyl groups is 1. The van der Waals surface area contributed by atoms with E-state index in [1.165, 1.54) is 24.7 Å². The molecule has 0 saturated heterocycles. The number of aromatic nitrogens is 2. The first-order chi connectivity index (χ1) is 8.18. The maximum Gasteiger partial charge on any atom is 0.145 e. The molecule has 2 aromatic rings. The van der Waals surface area contributed by atoms with Gasteiger partial charge in [0.25, 0.3) is 0 Å². The topological polar surface area (TPSA) is 46.0 Å². The summed E-state index contributed by atoms with van der Waals surface area (Å²) in [5.41, 5.74) is 0.766. The molecule has 0 amide bonds. The van der Waals surface area contributed by atoms with E-state index in [-0.39, 0.29) is 11.4 Å². The molecule has 1 N–H and O–H groups in total. The normalized spacial score (nSPS) is 12.4. The van der Waals surface area contributed by atoms with Crippen molar-refractivity contribution in [2.24, 2.45) is 0 Å². The van der Waals surface area contributed by atoms with Crippen LogP contribution in [0.25, 0.3) is 0 Å². The second-order valence-corrected chi connectivity index (χ2v) is 3.97. The maximum atomic E-state index is 13.6. The molecular formula is C12H10ClFN2O. The van der Waals surface area contributed by atoms with Gasteiger partial charge in [-0.1, -0.05) is 23.7 Å². The molecule has 0 radical (unpaired) electrons. The number of rotatable bonds is 3. The average molecular weight is 253 g/mol. The second-order valence-electron chi connectivity index (χ2n) is 3.56.